The Morgan fingerprint density at radius 1 is 1.35 bits per heavy atom. The van der Waals surface area contributed by atoms with Gasteiger partial charge < -0.3 is 10.2 Å². The van der Waals surface area contributed by atoms with E-state index >= 15 is 0 Å². The van der Waals surface area contributed by atoms with E-state index in [1.807, 2.05) is 30.6 Å². The molecule has 0 bridgehead atoms. The standard InChI is InChI=1S/C16H19ClN4OS/c1-12-2-3-13(17)10-14(12)19-15(22)11-20-5-7-21(8-6-20)16-18-4-9-23-16/h2-4,9-10H,5-8,11H2,1H3,(H,19,22). The molecule has 1 amide bonds. The lowest BCUT2D eigenvalue weighted by Crippen LogP contribution is -2.48. The van der Waals surface area contributed by atoms with Crippen LogP contribution in [0.25, 0.3) is 0 Å². The number of carbonyl (C=O) groups excluding carboxylic acids is 1. The van der Waals surface area contributed by atoms with Gasteiger partial charge in [-0.25, -0.2) is 4.98 Å². The molecule has 1 N–H and O–H groups in total. The van der Waals surface area contributed by atoms with Gasteiger partial charge in [0, 0.05) is 48.5 Å². The molecule has 0 radical (unpaired) electrons. The number of amides is 1. The summed E-state index contributed by atoms with van der Waals surface area (Å²) >= 11 is 7.64. The number of aromatic nitrogens is 1. The number of rotatable bonds is 4. The van der Waals surface area contributed by atoms with Gasteiger partial charge in [0.15, 0.2) is 5.13 Å². The lowest BCUT2D eigenvalue weighted by molar-refractivity contribution is -0.117. The van der Waals surface area contributed by atoms with Crippen LogP contribution in [0.5, 0.6) is 0 Å². The first-order valence-corrected chi connectivity index (χ1v) is 8.80. The second-order valence-corrected chi connectivity index (χ2v) is 6.89. The number of thiazole rings is 1. The number of hydrogen-bond donors (Lipinski definition) is 1. The lowest BCUT2D eigenvalue weighted by atomic mass is 10.2. The summed E-state index contributed by atoms with van der Waals surface area (Å²) in [5.74, 6) is -0.00179. The van der Waals surface area contributed by atoms with Gasteiger partial charge in [0.25, 0.3) is 0 Å². The van der Waals surface area contributed by atoms with Crippen LogP contribution < -0.4 is 10.2 Å². The van der Waals surface area contributed by atoms with E-state index in [9.17, 15) is 4.79 Å². The number of benzene rings is 1. The van der Waals surface area contributed by atoms with E-state index < -0.39 is 0 Å². The molecule has 3 rings (SSSR count). The number of nitrogens with zero attached hydrogens (tertiary/aromatic N) is 3. The van der Waals surface area contributed by atoms with E-state index in [4.69, 9.17) is 11.6 Å². The molecule has 1 fully saturated rings. The first-order chi connectivity index (χ1) is 11.1. The molecule has 5 nitrogen and oxygen atoms in total. The Morgan fingerprint density at radius 3 is 2.83 bits per heavy atom. The molecule has 0 unspecified atom stereocenters. The van der Waals surface area contributed by atoms with Crippen molar-refractivity contribution in [1.29, 1.82) is 0 Å². The lowest BCUT2D eigenvalue weighted by Gasteiger charge is -2.34. The summed E-state index contributed by atoms with van der Waals surface area (Å²) in [7, 11) is 0. The minimum absolute atomic E-state index is 0.00179. The van der Waals surface area contributed by atoms with Crippen LogP contribution in [-0.4, -0.2) is 48.5 Å². The van der Waals surface area contributed by atoms with Crippen LogP contribution in [0.1, 0.15) is 5.56 Å². The zero-order valence-electron chi connectivity index (χ0n) is 13.0. The summed E-state index contributed by atoms with van der Waals surface area (Å²) in [6, 6.07) is 5.52. The van der Waals surface area contributed by atoms with Crippen molar-refractivity contribution < 1.29 is 4.79 Å². The van der Waals surface area contributed by atoms with Crippen molar-refractivity contribution in [1.82, 2.24) is 9.88 Å². The van der Waals surface area contributed by atoms with Crippen molar-refractivity contribution >= 4 is 39.7 Å². The van der Waals surface area contributed by atoms with E-state index in [2.05, 4.69) is 20.1 Å². The molecular weight excluding hydrogens is 332 g/mol. The molecule has 1 aliphatic heterocycles. The van der Waals surface area contributed by atoms with Gasteiger partial charge in [-0.05, 0) is 24.6 Å². The van der Waals surface area contributed by atoms with Crippen LogP contribution >= 0.6 is 22.9 Å². The topological polar surface area (TPSA) is 48.5 Å². The second kappa shape index (κ2) is 7.29. The maximum atomic E-state index is 12.2. The third kappa shape index (κ3) is 4.22. The summed E-state index contributed by atoms with van der Waals surface area (Å²) in [5, 5.41) is 6.62. The Balaban J connectivity index is 1.50. The SMILES string of the molecule is Cc1ccc(Cl)cc1NC(=O)CN1CCN(c2nccs2)CC1. The molecule has 122 valence electrons. The maximum Gasteiger partial charge on any atom is 0.238 e. The van der Waals surface area contributed by atoms with E-state index in [0.29, 0.717) is 11.6 Å². The molecule has 23 heavy (non-hydrogen) atoms. The minimum atomic E-state index is -0.00179. The summed E-state index contributed by atoms with van der Waals surface area (Å²) in [4.78, 5) is 21.0. The number of aryl methyl sites for hydroxylation is 1. The number of piperazine rings is 1. The fourth-order valence-electron chi connectivity index (χ4n) is 2.59. The van der Waals surface area contributed by atoms with Crippen LogP contribution in [0.2, 0.25) is 5.02 Å². The van der Waals surface area contributed by atoms with Gasteiger partial charge in [-0.15, -0.1) is 11.3 Å². The Bertz CT molecular complexity index is 669. The third-order valence-electron chi connectivity index (χ3n) is 3.90. The molecule has 0 saturated carbocycles. The summed E-state index contributed by atoms with van der Waals surface area (Å²) in [5.41, 5.74) is 1.79. The quantitative estimate of drug-likeness (QED) is 0.921. The van der Waals surface area contributed by atoms with Gasteiger partial charge >= 0.3 is 0 Å². The number of nitrogens with one attached hydrogen (secondary N) is 1. The number of hydrogen-bond acceptors (Lipinski definition) is 5. The Hall–Kier alpha value is -1.63. The molecule has 2 aromatic rings. The van der Waals surface area contributed by atoms with Crippen molar-refractivity contribution in [3.63, 3.8) is 0 Å². The van der Waals surface area contributed by atoms with Crippen molar-refractivity contribution in [2.45, 2.75) is 6.92 Å². The maximum absolute atomic E-state index is 12.2. The van der Waals surface area contributed by atoms with E-state index in [-0.39, 0.29) is 5.91 Å². The van der Waals surface area contributed by atoms with Gasteiger partial charge in [0.2, 0.25) is 5.91 Å². The highest BCUT2D eigenvalue weighted by Crippen LogP contribution is 2.21. The molecule has 0 spiro atoms. The van der Waals surface area contributed by atoms with Crippen LogP contribution in [0, 0.1) is 6.92 Å². The average Bonchev–Trinajstić information content (AvgIpc) is 3.06. The predicted octanol–water partition coefficient (Wildman–Crippen LogP) is 2.87. The normalized spacial score (nSPS) is 15.7. The number of halogens is 1. The van der Waals surface area contributed by atoms with E-state index in [1.165, 1.54) is 0 Å². The Morgan fingerprint density at radius 2 is 2.13 bits per heavy atom. The van der Waals surface area contributed by atoms with Gasteiger partial charge in [-0.2, -0.15) is 0 Å². The Kier molecular flexibility index (Phi) is 5.15. The van der Waals surface area contributed by atoms with Crippen molar-refractivity contribution in [2.75, 3.05) is 42.9 Å². The molecule has 0 aliphatic carbocycles. The molecular formula is C16H19ClN4OS. The van der Waals surface area contributed by atoms with Crippen LogP contribution in [0.3, 0.4) is 0 Å². The van der Waals surface area contributed by atoms with Crippen molar-refractivity contribution in [3.05, 3.63) is 40.4 Å². The highest BCUT2D eigenvalue weighted by Gasteiger charge is 2.20. The minimum Gasteiger partial charge on any atom is -0.346 e. The first kappa shape index (κ1) is 16.2. The average molecular weight is 351 g/mol. The Labute approximate surface area is 144 Å². The molecule has 1 aromatic heterocycles. The van der Waals surface area contributed by atoms with Gasteiger partial charge in [0.05, 0.1) is 6.54 Å². The van der Waals surface area contributed by atoms with Gasteiger partial charge in [0.1, 0.15) is 0 Å². The summed E-state index contributed by atoms with van der Waals surface area (Å²) in [6.07, 6.45) is 1.83. The van der Waals surface area contributed by atoms with Crippen LogP contribution in [0.15, 0.2) is 29.8 Å². The zero-order chi connectivity index (χ0) is 16.2. The predicted molar refractivity (Wildman–Crippen MR) is 95.6 cm³/mol. The highest BCUT2D eigenvalue weighted by molar-refractivity contribution is 7.13. The van der Waals surface area contributed by atoms with E-state index in [0.717, 1.165) is 42.6 Å². The summed E-state index contributed by atoms with van der Waals surface area (Å²) < 4.78 is 0. The van der Waals surface area contributed by atoms with Crippen LogP contribution in [-0.2, 0) is 4.79 Å². The van der Waals surface area contributed by atoms with Gasteiger partial charge in [-0.1, -0.05) is 17.7 Å². The van der Waals surface area contributed by atoms with Crippen molar-refractivity contribution in [2.24, 2.45) is 0 Å². The first-order valence-electron chi connectivity index (χ1n) is 7.54. The highest BCUT2D eigenvalue weighted by atomic mass is 35.5. The largest absolute Gasteiger partial charge is 0.346 e. The molecule has 1 aromatic carbocycles. The fraction of sp³-hybridized carbons (Fsp3) is 0.375. The second-order valence-electron chi connectivity index (χ2n) is 5.59. The number of carbonyl (C=O) groups is 1. The molecule has 2 heterocycles. The van der Waals surface area contributed by atoms with Crippen LogP contribution in [0.4, 0.5) is 10.8 Å². The monoisotopic (exact) mass is 350 g/mol. The molecule has 7 heteroatoms. The fourth-order valence-corrected chi connectivity index (χ4v) is 3.46. The number of anilines is 2. The van der Waals surface area contributed by atoms with E-state index in [1.54, 1.807) is 17.4 Å². The molecule has 1 aliphatic rings. The van der Waals surface area contributed by atoms with Gasteiger partial charge in [-0.3, -0.25) is 9.69 Å². The van der Waals surface area contributed by atoms with Crippen molar-refractivity contribution in [3.8, 4) is 0 Å². The molecule has 0 atom stereocenters. The zero-order valence-corrected chi connectivity index (χ0v) is 14.5. The summed E-state index contributed by atoms with van der Waals surface area (Å²) in [6.45, 7) is 5.88. The smallest absolute Gasteiger partial charge is 0.238 e. The third-order valence-corrected chi connectivity index (χ3v) is 4.97. The molecule has 1 saturated heterocycles.